The van der Waals surface area contributed by atoms with Crippen LogP contribution in [0.25, 0.3) is 0 Å². The Kier molecular flexibility index (Phi) is 8.66. The van der Waals surface area contributed by atoms with Crippen LogP contribution in [0.4, 0.5) is 27.2 Å². The van der Waals surface area contributed by atoms with Crippen molar-refractivity contribution in [2.45, 2.75) is 44.8 Å². The van der Waals surface area contributed by atoms with Crippen molar-refractivity contribution in [2.75, 3.05) is 55.4 Å². The van der Waals surface area contributed by atoms with Crippen molar-refractivity contribution in [1.29, 1.82) is 0 Å². The van der Waals surface area contributed by atoms with Crippen LogP contribution in [0, 0.1) is 0 Å². The number of urea groups is 1. The van der Waals surface area contributed by atoms with Gasteiger partial charge in [0.1, 0.15) is 11.9 Å². The molecule has 36 heavy (non-hydrogen) atoms. The number of carbonyl (C=O) groups excluding carboxylic acids is 2. The van der Waals surface area contributed by atoms with Crippen molar-refractivity contribution in [3.63, 3.8) is 0 Å². The van der Waals surface area contributed by atoms with Crippen molar-refractivity contribution >= 4 is 29.7 Å². The number of piperidine rings is 2. The number of hydrogen-bond donors (Lipinski definition) is 3. The predicted molar refractivity (Wildman–Crippen MR) is 133 cm³/mol. The lowest BCUT2D eigenvalue weighted by Crippen LogP contribution is -2.50. The summed E-state index contributed by atoms with van der Waals surface area (Å²) in [4.78, 5) is 45.9. The summed E-state index contributed by atoms with van der Waals surface area (Å²) < 4.78 is 10.7. The van der Waals surface area contributed by atoms with Crippen LogP contribution in [-0.2, 0) is 4.74 Å². The minimum absolute atomic E-state index is 0.0570. The first-order valence-corrected chi connectivity index (χ1v) is 12.3. The van der Waals surface area contributed by atoms with E-state index in [0.29, 0.717) is 43.2 Å². The fourth-order valence-electron chi connectivity index (χ4n) is 4.20. The molecule has 0 aromatic carbocycles. The normalized spacial score (nSPS) is 19.8. The van der Waals surface area contributed by atoms with Gasteiger partial charge < -0.3 is 24.6 Å². The third-order valence-corrected chi connectivity index (χ3v) is 6.10. The molecular weight excluding hydrogens is 466 g/mol. The standard InChI is InChI=1S/C23H33N9O4/c1-3-35-20-14-26-19(13-27-20)29-22(33)31(2)16-6-5-11-32(15-16)21-25-10-8-18(28-21)30-23(34)36-17-7-4-9-24-12-17/h8,10,13-14,16-17,24H,3-7,9,11-12,15H2,1-2H3,(H,26,29,33)(H,25,28,30,34)/t16-,17-/m1/s1. The van der Waals surface area contributed by atoms with Gasteiger partial charge in [0.25, 0.3) is 0 Å². The molecule has 2 saturated heterocycles. The van der Waals surface area contributed by atoms with Gasteiger partial charge in [-0.05, 0) is 45.2 Å². The number of nitrogens with zero attached hydrogens (tertiary/aromatic N) is 6. The van der Waals surface area contributed by atoms with Crippen molar-refractivity contribution < 1.29 is 19.1 Å². The summed E-state index contributed by atoms with van der Waals surface area (Å²) in [6, 6.07) is 1.29. The maximum absolute atomic E-state index is 12.8. The molecule has 2 aromatic heterocycles. The first-order chi connectivity index (χ1) is 17.5. The number of rotatable bonds is 7. The van der Waals surface area contributed by atoms with Gasteiger partial charge in [0.15, 0.2) is 5.82 Å². The van der Waals surface area contributed by atoms with E-state index in [1.807, 2.05) is 11.8 Å². The fourth-order valence-corrected chi connectivity index (χ4v) is 4.20. The Balaban J connectivity index is 1.31. The van der Waals surface area contributed by atoms with Crippen LogP contribution < -0.4 is 25.6 Å². The Labute approximate surface area is 210 Å². The summed E-state index contributed by atoms with van der Waals surface area (Å²) >= 11 is 0. The largest absolute Gasteiger partial charge is 0.477 e. The maximum atomic E-state index is 12.8. The maximum Gasteiger partial charge on any atom is 0.413 e. The summed E-state index contributed by atoms with van der Waals surface area (Å²) in [6.45, 7) is 5.26. The van der Waals surface area contributed by atoms with Gasteiger partial charge in [-0.25, -0.2) is 24.5 Å². The molecule has 3 amide bonds. The minimum Gasteiger partial charge on any atom is -0.477 e. The second-order valence-electron chi connectivity index (χ2n) is 8.70. The van der Waals surface area contributed by atoms with Gasteiger partial charge >= 0.3 is 12.1 Å². The molecule has 13 heteroatoms. The Morgan fingerprint density at radius 2 is 2.06 bits per heavy atom. The molecule has 4 heterocycles. The molecule has 0 radical (unpaired) electrons. The Hall–Kier alpha value is -3.74. The summed E-state index contributed by atoms with van der Waals surface area (Å²) in [7, 11) is 1.75. The molecule has 194 valence electrons. The lowest BCUT2D eigenvalue weighted by molar-refractivity contribution is 0.0941. The number of ether oxygens (including phenoxy) is 2. The van der Waals surface area contributed by atoms with Crippen LogP contribution in [0.1, 0.15) is 32.6 Å². The molecule has 3 N–H and O–H groups in total. The first-order valence-electron chi connectivity index (χ1n) is 12.3. The number of anilines is 3. The van der Waals surface area contributed by atoms with E-state index in [1.165, 1.54) is 12.4 Å². The number of aromatic nitrogens is 4. The van der Waals surface area contributed by atoms with Crippen LogP contribution in [0.5, 0.6) is 5.88 Å². The SMILES string of the molecule is CCOc1cnc(NC(=O)N(C)[C@@H]2CCCN(c3nccc(NC(=O)O[C@@H]4CCCNC4)n3)C2)cn1. The van der Waals surface area contributed by atoms with E-state index in [4.69, 9.17) is 9.47 Å². The topological polar surface area (TPSA) is 147 Å². The van der Waals surface area contributed by atoms with E-state index in [-0.39, 0.29) is 18.2 Å². The van der Waals surface area contributed by atoms with Gasteiger partial charge in [0, 0.05) is 32.9 Å². The quantitative estimate of drug-likeness (QED) is 0.517. The number of likely N-dealkylation sites (N-methyl/N-ethyl adjacent to an activating group) is 1. The third kappa shape index (κ3) is 6.90. The smallest absolute Gasteiger partial charge is 0.413 e. The van der Waals surface area contributed by atoms with Crippen LogP contribution in [-0.4, -0.2) is 88.9 Å². The Bertz CT molecular complexity index is 1020. The third-order valence-electron chi connectivity index (χ3n) is 6.10. The molecule has 0 unspecified atom stereocenters. The highest BCUT2D eigenvalue weighted by Gasteiger charge is 2.28. The molecule has 2 fully saturated rings. The minimum atomic E-state index is -0.529. The van der Waals surface area contributed by atoms with Crippen LogP contribution in [0.2, 0.25) is 0 Å². The molecule has 2 aliphatic heterocycles. The molecule has 4 rings (SSSR count). The van der Waals surface area contributed by atoms with Crippen molar-refractivity contribution in [3.8, 4) is 5.88 Å². The molecule has 2 aromatic rings. The highest BCUT2D eigenvalue weighted by Crippen LogP contribution is 2.21. The summed E-state index contributed by atoms with van der Waals surface area (Å²) in [5.74, 6) is 1.61. The summed E-state index contributed by atoms with van der Waals surface area (Å²) in [5, 5.41) is 8.68. The molecule has 2 atom stereocenters. The molecule has 0 aliphatic carbocycles. The van der Waals surface area contributed by atoms with E-state index < -0.39 is 6.09 Å². The number of hydrogen-bond acceptors (Lipinski definition) is 10. The average molecular weight is 500 g/mol. The van der Waals surface area contributed by atoms with Gasteiger partial charge in [-0.2, -0.15) is 4.98 Å². The van der Waals surface area contributed by atoms with E-state index in [0.717, 1.165) is 38.8 Å². The summed E-state index contributed by atoms with van der Waals surface area (Å²) in [5.41, 5.74) is 0. The van der Waals surface area contributed by atoms with Crippen LogP contribution in [0.3, 0.4) is 0 Å². The zero-order valence-corrected chi connectivity index (χ0v) is 20.6. The molecule has 0 bridgehead atoms. The van der Waals surface area contributed by atoms with Crippen LogP contribution in [0.15, 0.2) is 24.7 Å². The van der Waals surface area contributed by atoms with Gasteiger partial charge in [-0.1, -0.05) is 0 Å². The first kappa shape index (κ1) is 25.4. The monoisotopic (exact) mass is 499 g/mol. The lowest BCUT2D eigenvalue weighted by Gasteiger charge is -2.37. The lowest BCUT2D eigenvalue weighted by atomic mass is 10.1. The number of amides is 3. The van der Waals surface area contributed by atoms with E-state index in [1.54, 1.807) is 24.2 Å². The van der Waals surface area contributed by atoms with Crippen molar-refractivity contribution in [1.82, 2.24) is 30.2 Å². The van der Waals surface area contributed by atoms with E-state index in [9.17, 15) is 9.59 Å². The second-order valence-corrected chi connectivity index (χ2v) is 8.70. The average Bonchev–Trinajstić information content (AvgIpc) is 2.90. The predicted octanol–water partition coefficient (Wildman–Crippen LogP) is 2.10. The zero-order chi connectivity index (χ0) is 25.3. The van der Waals surface area contributed by atoms with Gasteiger partial charge in [-0.15, -0.1) is 0 Å². The Morgan fingerprint density at radius 3 is 2.81 bits per heavy atom. The molecule has 0 spiro atoms. The van der Waals surface area contributed by atoms with Crippen molar-refractivity contribution in [2.24, 2.45) is 0 Å². The van der Waals surface area contributed by atoms with Gasteiger partial charge in [0.05, 0.1) is 25.0 Å². The van der Waals surface area contributed by atoms with Gasteiger partial charge in [-0.3, -0.25) is 10.6 Å². The highest BCUT2D eigenvalue weighted by molar-refractivity contribution is 5.88. The van der Waals surface area contributed by atoms with E-state index in [2.05, 4.69) is 35.9 Å². The highest BCUT2D eigenvalue weighted by atomic mass is 16.6. The second kappa shape index (κ2) is 12.3. The fraction of sp³-hybridized carbons (Fsp3) is 0.565. The molecule has 13 nitrogen and oxygen atoms in total. The molecule has 2 aliphatic rings. The number of nitrogens with one attached hydrogen (secondary N) is 3. The van der Waals surface area contributed by atoms with E-state index >= 15 is 0 Å². The van der Waals surface area contributed by atoms with Crippen molar-refractivity contribution in [3.05, 3.63) is 24.7 Å². The Morgan fingerprint density at radius 1 is 1.17 bits per heavy atom. The molecule has 0 saturated carbocycles. The van der Waals surface area contributed by atoms with Gasteiger partial charge in [0.2, 0.25) is 11.8 Å². The summed E-state index contributed by atoms with van der Waals surface area (Å²) in [6.07, 6.45) is 7.40. The number of carbonyl (C=O) groups is 2. The van der Waals surface area contributed by atoms with Crippen LogP contribution >= 0.6 is 0 Å². The molecular formula is C23H33N9O4. The zero-order valence-electron chi connectivity index (χ0n) is 20.6.